The first-order chi connectivity index (χ1) is 10.4. The third kappa shape index (κ3) is 5.35. The normalized spacial score (nSPS) is 10.8. The maximum Gasteiger partial charge on any atom is 0.240 e. The topological polar surface area (TPSA) is 99.5 Å². The molecule has 1 amide bonds. The molecule has 1 rings (SSSR count). The van der Waals surface area contributed by atoms with Crippen molar-refractivity contribution in [1.82, 2.24) is 5.32 Å². The molecule has 0 aliphatic heterocycles. The van der Waals surface area contributed by atoms with Crippen molar-refractivity contribution in [2.24, 2.45) is 0 Å². The van der Waals surface area contributed by atoms with E-state index in [9.17, 15) is 13.2 Å². The average molecular weight is 325 g/mol. The first-order valence-electron chi connectivity index (χ1n) is 6.62. The second-order valence-corrected chi connectivity index (χ2v) is 6.50. The number of benzene rings is 1. The van der Waals surface area contributed by atoms with Gasteiger partial charge < -0.3 is 10.1 Å². The molecule has 0 fully saturated rings. The van der Waals surface area contributed by atoms with Gasteiger partial charge in [0.25, 0.3) is 0 Å². The Morgan fingerprint density at radius 1 is 1.41 bits per heavy atom. The Morgan fingerprint density at radius 3 is 2.68 bits per heavy atom. The summed E-state index contributed by atoms with van der Waals surface area (Å²) in [5, 5.41) is 11.7. The number of methoxy groups -OCH3 is 1. The van der Waals surface area contributed by atoms with Crippen LogP contribution in [0.5, 0.6) is 0 Å². The van der Waals surface area contributed by atoms with Crippen molar-refractivity contribution in [3.05, 3.63) is 29.8 Å². The minimum atomic E-state index is -3.68. The Balaban J connectivity index is 2.88. The summed E-state index contributed by atoms with van der Waals surface area (Å²) in [4.78, 5) is 11.9. The van der Waals surface area contributed by atoms with Gasteiger partial charge in [-0.3, -0.25) is 9.10 Å². The van der Waals surface area contributed by atoms with Crippen LogP contribution in [0.2, 0.25) is 0 Å². The number of carbonyl (C=O) groups is 1. The monoisotopic (exact) mass is 325 g/mol. The number of nitriles is 1. The number of anilines is 1. The number of para-hydroxylation sites is 1. The molecule has 1 aromatic carbocycles. The van der Waals surface area contributed by atoms with Gasteiger partial charge in [-0.2, -0.15) is 5.26 Å². The molecule has 0 aromatic heterocycles. The van der Waals surface area contributed by atoms with Crippen molar-refractivity contribution in [2.45, 2.75) is 6.42 Å². The lowest BCUT2D eigenvalue weighted by atomic mass is 10.2. The minimum Gasteiger partial charge on any atom is -0.385 e. The van der Waals surface area contributed by atoms with E-state index in [2.05, 4.69) is 5.32 Å². The third-order valence-corrected chi connectivity index (χ3v) is 3.95. The Bertz CT molecular complexity index is 652. The van der Waals surface area contributed by atoms with Gasteiger partial charge in [-0.1, -0.05) is 12.1 Å². The Labute approximate surface area is 130 Å². The standard InChI is InChI=1S/C14H19N3O4S/c1-21-9-5-8-16-14(18)11-17(22(2,19)20)13-7-4-3-6-12(13)10-15/h3-4,6-7H,5,8-9,11H2,1-2H3,(H,16,18). The van der Waals surface area contributed by atoms with Gasteiger partial charge in [-0.15, -0.1) is 0 Å². The number of amides is 1. The smallest absolute Gasteiger partial charge is 0.240 e. The van der Waals surface area contributed by atoms with Gasteiger partial charge in [0.1, 0.15) is 12.6 Å². The van der Waals surface area contributed by atoms with E-state index in [-0.39, 0.29) is 17.8 Å². The van der Waals surface area contributed by atoms with E-state index < -0.39 is 15.9 Å². The Hall–Kier alpha value is -2.11. The van der Waals surface area contributed by atoms with Crippen LogP contribution in [0.1, 0.15) is 12.0 Å². The van der Waals surface area contributed by atoms with E-state index in [4.69, 9.17) is 10.00 Å². The zero-order chi connectivity index (χ0) is 16.6. The van der Waals surface area contributed by atoms with E-state index in [1.807, 2.05) is 6.07 Å². The molecule has 8 heteroatoms. The lowest BCUT2D eigenvalue weighted by Crippen LogP contribution is -2.41. The van der Waals surface area contributed by atoms with Crippen molar-refractivity contribution in [3.63, 3.8) is 0 Å². The lowest BCUT2D eigenvalue weighted by Gasteiger charge is -2.22. The van der Waals surface area contributed by atoms with E-state index in [1.54, 1.807) is 19.2 Å². The number of carbonyl (C=O) groups excluding carboxylic acids is 1. The second kappa shape index (κ2) is 8.36. The molecule has 120 valence electrons. The van der Waals surface area contributed by atoms with Crippen LogP contribution >= 0.6 is 0 Å². The highest BCUT2D eigenvalue weighted by Gasteiger charge is 2.22. The van der Waals surface area contributed by atoms with Gasteiger partial charge in [0.2, 0.25) is 15.9 Å². The summed E-state index contributed by atoms with van der Waals surface area (Å²) < 4.78 is 29.6. The fourth-order valence-corrected chi connectivity index (χ4v) is 2.67. The van der Waals surface area contributed by atoms with Crippen LogP contribution in [0.4, 0.5) is 5.69 Å². The number of rotatable bonds is 8. The van der Waals surface area contributed by atoms with Crippen molar-refractivity contribution in [2.75, 3.05) is 37.4 Å². The fourth-order valence-electron chi connectivity index (χ4n) is 1.80. The highest BCUT2D eigenvalue weighted by Crippen LogP contribution is 2.21. The third-order valence-electron chi connectivity index (χ3n) is 2.83. The quantitative estimate of drug-likeness (QED) is 0.701. The summed E-state index contributed by atoms with van der Waals surface area (Å²) in [6.45, 7) is 0.530. The summed E-state index contributed by atoms with van der Waals surface area (Å²) in [6.07, 6.45) is 1.63. The number of ether oxygens (including phenoxy) is 1. The number of nitrogens with zero attached hydrogens (tertiary/aromatic N) is 2. The highest BCUT2D eigenvalue weighted by atomic mass is 32.2. The molecule has 1 aromatic rings. The largest absolute Gasteiger partial charge is 0.385 e. The molecule has 22 heavy (non-hydrogen) atoms. The van der Waals surface area contributed by atoms with Crippen molar-refractivity contribution in [3.8, 4) is 6.07 Å². The number of nitrogens with one attached hydrogen (secondary N) is 1. The van der Waals surface area contributed by atoms with Crippen LogP contribution in [-0.4, -0.2) is 47.4 Å². The minimum absolute atomic E-state index is 0.194. The molecular formula is C14H19N3O4S. The van der Waals surface area contributed by atoms with Gasteiger partial charge in [0, 0.05) is 20.3 Å². The molecule has 0 heterocycles. The van der Waals surface area contributed by atoms with E-state index in [0.717, 1.165) is 10.6 Å². The zero-order valence-corrected chi connectivity index (χ0v) is 13.4. The number of hydrogen-bond donors (Lipinski definition) is 1. The summed E-state index contributed by atoms with van der Waals surface area (Å²) in [6, 6.07) is 8.18. The first kappa shape index (κ1) is 17.9. The van der Waals surface area contributed by atoms with Crippen molar-refractivity contribution in [1.29, 1.82) is 5.26 Å². The molecule has 0 bridgehead atoms. The second-order valence-electron chi connectivity index (χ2n) is 4.59. The van der Waals surface area contributed by atoms with Crippen molar-refractivity contribution < 1.29 is 17.9 Å². The zero-order valence-electron chi connectivity index (χ0n) is 12.6. The summed E-state index contributed by atoms with van der Waals surface area (Å²) >= 11 is 0. The van der Waals surface area contributed by atoms with Crippen molar-refractivity contribution >= 4 is 21.6 Å². The number of sulfonamides is 1. The molecule has 0 atom stereocenters. The molecule has 0 spiro atoms. The SMILES string of the molecule is COCCCNC(=O)CN(c1ccccc1C#N)S(C)(=O)=O. The Morgan fingerprint density at radius 2 is 2.09 bits per heavy atom. The van der Waals surface area contributed by atoms with Crippen LogP contribution < -0.4 is 9.62 Å². The molecule has 1 N–H and O–H groups in total. The van der Waals surface area contributed by atoms with Crippen LogP contribution in [0.15, 0.2) is 24.3 Å². The predicted molar refractivity (Wildman–Crippen MR) is 82.8 cm³/mol. The summed E-state index contributed by atoms with van der Waals surface area (Å²) in [7, 11) is -2.12. The van der Waals surface area contributed by atoms with Gasteiger partial charge >= 0.3 is 0 Å². The molecule has 0 aliphatic rings. The van der Waals surface area contributed by atoms with Gasteiger partial charge in [-0.25, -0.2) is 8.42 Å². The molecule has 0 aliphatic carbocycles. The maximum absolute atomic E-state index is 11.9. The van der Waals surface area contributed by atoms with Gasteiger partial charge in [0.15, 0.2) is 0 Å². The van der Waals surface area contributed by atoms with E-state index in [0.29, 0.717) is 19.6 Å². The highest BCUT2D eigenvalue weighted by molar-refractivity contribution is 7.92. The summed E-state index contributed by atoms with van der Waals surface area (Å²) in [5.41, 5.74) is 0.389. The molecule has 0 radical (unpaired) electrons. The summed E-state index contributed by atoms with van der Waals surface area (Å²) in [5.74, 6) is -0.436. The molecule has 0 unspecified atom stereocenters. The van der Waals surface area contributed by atoms with E-state index >= 15 is 0 Å². The van der Waals surface area contributed by atoms with E-state index in [1.165, 1.54) is 12.1 Å². The molecule has 0 saturated heterocycles. The maximum atomic E-state index is 11.9. The molecular weight excluding hydrogens is 306 g/mol. The molecule has 0 saturated carbocycles. The average Bonchev–Trinajstić information content (AvgIpc) is 2.48. The van der Waals surface area contributed by atoms with Crippen LogP contribution in [0.25, 0.3) is 0 Å². The first-order valence-corrected chi connectivity index (χ1v) is 8.47. The van der Waals surface area contributed by atoms with Gasteiger partial charge in [-0.05, 0) is 18.6 Å². The van der Waals surface area contributed by atoms with Crippen LogP contribution in [0.3, 0.4) is 0 Å². The van der Waals surface area contributed by atoms with Gasteiger partial charge in [0.05, 0.1) is 17.5 Å². The number of hydrogen-bond acceptors (Lipinski definition) is 5. The predicted octanol–water partition coefficient (Wildman–Crippen LogP) is 0.477. The lowest BCUT2D eigenvalue weighted by molar-refractivity contribution is -0.119. The fraction of sp³-hybridized carbons (Fsp3) is 0.429. The van der Waals surface area contributed by atoms with Crippen LogP contribution in [0, 0.1) is 11.3 Å². The Kier molecular flexibility index (Phi) is 6.82. The van der Waals surface area contributed by atoms with Crippen LogP contribution in [-0.2, 0) is 19.6 Å². The molecule has 7 nitrogen and oxygen atoms in total.